The number of hydrogen-bond donors (Lipinski definition) is 0. The van der Waals surface area contributed by atoms with Crippen molar-refractivity contribution in [3.8, 4) is 5.75 Å². The number of pyridine rings is 2. The zero-order chi connectivity index (χ0) is 17.9. The normalized spacial score (nSPS) is 14.5. The number of amides is 1. The van der Waals surface area contributed by atoms with Gasteiger partial charge in [0.2, 0.25) is 0 Å². The molecule has 1 aliphatic rings. The Labute approximate surface area is 152 Å². The Morgan fingerprint density at radius 1 is 1.04 bits per heavy atom. The molecule has 1 saturated heterocycles. The molecular formula is C20H20N4O2. The lowest BCUT2D eigenvalue weighted by Crippen LogP contribution is -2.49. The summed E-state index contributed by atoms with van der Waals surface area (Å²) in [5.41, 5.74) is 1.28. The van der Waals surface area contributed by atoms with E-state index in [1.165, 1.54) is 0 Å². The number of carbonyl (C=O) groups is 1. The molecular weight excluding hydrogens is 328 g/mol. The molecule has 0 unspecified atom stereocenters. The molecule has 2 aromatic heterocycles. The number of fused-ring (bicyclic) bond motifs is 1. The maximum Gasteiger partial charge on any atom is 0.272 e. The average Bonchev–Trinajstić information content (AvgIpc) is 2.73. The van der Waals surface area contributed by atoms with Gasteiger partial charge < -0.3 is 14.5 Å². The molecule has 1 aliphatic heterocycles. The first-order valence-electron chi connectivity index (χ1n) is 8.65. The number of nitrogens with zero attached hydrogens (tertiary/aromatic N) is 4. The third-order valence-electron chi connectivity index (χ3n) is 4.66. The molecule has 26 heavy (non-hydrogen) atoms. The van der Waals surface area contributed by atoms with Gasteiger partial charge in [-0.15, -0.1) is 0 Å². The molecule has 4 rings (SSSR count). The van der Waals surface area contributed by atoms with Crippen LogP contribution in [0.2, 0.25) is 0 Å². The van der Waals surface area contributed by atoms with Crippen LogP contribution in [0.5, 0.6) is 5.75 Å². The Balaban J connectivity index is 1.47. The monoisotopic (exact) mass is 348 g/mol. The van der Waals surface area contributed by atoms with Crippen molar-refractivity contribution in [1.29, 1.82) is 0 Å². The zero-order valence-electron chi connectivity index (χ0n) is 14.6. The van der Waals surface area contributed by atoms with E-state index in [4.69, 9.17) is 4.74 Å². The smallest absolute Gasteiger partial charge is 0.272 e. The van der Waals surface area contributed by atoms with Crippen molar-refractivity contribution in [3.63, 3.8) is 0 Å². The number of aromatic nitrogens is 2. The summed E-state index contributed by atoms with van der Waals surface area (Å²) in [6, 6.07) is 15.2. The van der Waals surface area contributed by atoms with Gasteiger partial charge in [0.1, 0.15) is 17.3 Å². The van der Waals surface area contributed by atoms with E-state index in [1.807, 2.05) is 47.4 Å². The summed E-state index contributed by atoms with van der Waals surface area (Å²) in [5, 5.41) is 0.959. The molecule has 0 spiro atoms. The highest BCUT2D eigenvalue weighted by Crippen LogP contribution is 2.20. The molecule has 3 aromatic rings. The van der Waals surface area contributed by atoms with Gasteiger partial charge in [-0.3, -0.25) is 4.79 Å². The number of hydrogen-bond acceptors (Lipinski definition) is 5. The van der Waals surface area contributed by atoms with E-state index >= 15 is 0 Å². The summed E-state index contributed by atoms with van der Waals surface area (Å²) < 4.78 is 5.23. The van der Waals surface area contributed by atoms with Gasteiger partial charge >= 0.3 is 0 Å². The number of rotatable bonds is 3. The third-order valence-corrected chi connectivity index (χ3v) is 4.66. The molecule has 6 nitrogen and oxygen atoms in total. The van der Waals surface area contributed by atoms with Crippen LogP contribution in [0.3, 0.4) is 0 Å². The Morgan fingerprint density at radius 3 is 2.62 bits per heavy atom. The van der Waals surface area contributed by atoms with Crippen molar-refractivity contribution in [1.82, 2.24) is 14.9 Å². The molecule has 0 atom stereocenters. The van der Waals surface area contributed by atoms with Crippen molar-refractivity contribution >= 4 is 22.6 Å². The second-order valence-corrected chi connectivity index (χ2v) is 6.22. The van der Waals surface area contributed by atoms with Crippen molar-refractivity contribution < 1.29 is 9.53 Å². The molecule has 0 aliphatic carbocycles. The Bertz CT molecular complexity index is 922. The first-order valence-corrected chi connectivity index (χ1v) is 8.65. The Morgan fingerprint density at radius 2 is 1.88 bits per heavy atom. The van der Waals surface area contributed by atoms with Crippen LogP contribution < -0.4 is 9.64 Å². The molecule has 3 heterocycles. The van der Waals surface area contributed by atoms with Crippen LogP contribution in [0, 0.1) is 0 Å². The summed E-state index contributed by atoms with van der Waals surface area (Å²) in [7, 11) is 1.64. The predicted molar refractivity (Wildman–Crippen MR) is 101 cm³/mol. The summed E-state index contributed by atoms with van der Waals surface area (Å²) in [6.45, 7) is 2.87. The van der Waals surface area contributed by atoms with Crippen molar-refractivity contribution in [2.75, 3.05) is 38.2 Å². The highest BCUT2D eigenvalue weighted by Gasteiger charge is 2.23. The van der Waals surface area contributed by atoms with Gasteiger partial charge in [-0.1, -0.05) is 12.1 Å². The van der Waals surface area contributed by atoms with Gasteiger partial charge in [-0.2, -0.15) is 0 Å². The van der Waals surface area contributed by atoms with E-state index in [2.05, 4.69) is 14.9 Å². The molecule has 1 amide bonds. The maximum atomic E-state index is 12.8. The van der Waals surface area contributed by atoms with Crippen LogP contribution in [0.15, 0.2) is 54.7 Å². The summed E-state index contributed by atoms with van der Waals surface area (Å²) >= 11 is 0. The quantitative estimate of drug-likeness (QED) is 0.728. The van der Waals surface area contributed by atoms with Crippen LogP contribution in [0.25, 0.3) is 10.9 Å². The molecule has 0 bridgehead atoms. The van der Waals surface area contributed by atoms with Crippen LogP contribution in [0.4, 0.5) is 5.82 Å². The number of ether oxygens (including phenoxy) is 1. The van der Waals surface area contributed by atoms with Gasteiger partial charge in [0, 0.05) is 37.8 Å². The standard InChI is InChI=1S/C20H20N4O2/c1-26-16-6-8-17-15(14-16)5-7-18(22-17)20(25)24-12-10-23(11-13-24)19-4-2-3-9-21-19/h2-9,14H,10-13H2,1H3. The van der Waals surface area contributed by atoms with E-state index in [1.54, 1.807) is 19.4 Å². The van der Waals surface area contributed by atoms with Gasteiger partial charge in [-0.05, 0) is 36.4 Å². The maximum absolute atomic E-state index is 12.8. The van der Waals surface area contributed by atoms with E-state index < -0.39 is 0 Å². The highest BCUT2D eigenvalue weighted by molar-refractivity contribution is 5.95. The summed E-state index contributed by atoms with van der Waals surface area (Å²) in [4.78, 5) is 25.8. The van der Waals surface area contributed by atoms with Crippen molar-refractivity contribution in [3.05, 3.63) is 60.4 Å². The van der Waals surface area contributed by atoms with Crippen LogP contribution in [-0.4, -0.2) is 54.1 Å². The number of piperazine rings is 1. The molecule has 1 fully saturated rings. The van der Waals surface area contributed by atoms with Gasteiger partial charge in [0.15, 0.2) is 0 Å². The molecule has 132 valence electrons. The van der Waals surface area contributed by atoms with E-state index in [9.17, 15) is 4.79 Å². The minimum atomic E-state index is -0.0246. The lowest BCUT2D eigenvalue weighted by molar-refractivity contribution is 0.0741. The number of carbonyl (C=O) groups excluding carboxylic acids is 1. The number of anilines is 1. The Kier molecular flexibility index (Phi) is 4.39. The molecule has 0 saturated carbocycles. The second-order valence-electron chi connectivity index (χ2n) is 6.22. The van der Waals surface area contributed by atoms with E-state index in [0.29, 0.717) is 18.8 Å². The topological polar surface area (TPSA) is 58.6 Å². The van der Waals surface area contributed by atoms with E-state index in [-0.39, 0.29) is 5.91 Å². The summed E-state index contributed by atoms with van der Waals surface area (Å²) in [6.07, 6.45) is 1.79. The van der Waals surface area contributed by atoms with Crippen LogP contribution >= 0.6 is 0 Å². The molecule has 1 aromatic carbocycles. The zero-order valence-corrected chi connectivity index (χ0v) is 14.6. The lowest BCUT2D eigenvalue weighted by Gasteiger charge is -2.35. The third kappa shape index (κ3) is 3.18. The fraction of sp³-hybridized carbons (Fsp3) is 0.250. The minimum absolute atomic E-state index is 0.0246. The van der Waals surface area contributed by atoms with Crippen LogP contribution in [0.1, 0.15) is 10.5 Å². The largest absolute Gasteiger partial charge is 0.497 e. The van der Waals surface area contributed by atoms with Crippen LogP contribution in [-0.2, 0) is 0 Å². The highest BCUT2D eigenvalue weighted by atomic mass is 16.5. The van der Waals surface area contributed by atoms with Gasteiger partial charge in [-0.25, -0.2) is 9.97 Å². The van der Waals surface area contributed by atoms with Gasteiger partial charge in [0.25, 0.3) is 5.91 Å². The second kappa shape index (κ2) is 7.00. The summed E-state index contributed by atoms with van der Waals surface area (Å²) in [5.74, 6) is 1.71. The molecule has 6 heteroatoms. The van der Waals surface area contributed by atoms with E-state index in [0.717, 1.165) is 35.6 Å². The molecule has 0 N–H and O–H groups in total. The SMILES string of the molecule is COc1ccc2nc(C(=O)N3CCN(c4ccccn4)CC3)ccc2c1. The molecule has 0 radical (unpaired) electrons. The lowest BCUT2D eigenvalue weighted by atomic mass is 10.2. The Hall–Kier alpha value is -3.15. The first-order chi connectivity index (χ1) is 12.7. The van der Waals surface area contributed by atoms with Gasteiger partial charge in [0.05, 0.1) is 12.6 Å². The fourth-order valence-corrected chi connectivity index (χ4v) is 3.19. The predicted octanol–water partition coefficient (Wildman–Crippen LogP) is 2.60. The number of benzene rings is 1. The first kappa shape index (κ1) is 16.3. The van der Waals surface area contributed by atoms with Crippen molar-refractivity contribution in [2.45, 2.75) is 0 Å². The minimum Gasteiger partial charge on any atom is -0.497 e. The fourth-order valence-electron chi connectivity index (χ4n) is 3.19. The van der Waals surface area contributed by atoms with Crippen molar-refractivity contribution in [2.24, 2.45) is 0 Å². The number of methoxy groups -OCH3 is 1. The average molecular weight is 348 g/mol.